The Bertz CT molecular complexity index is 544. The van der Waals surface area contributed by atoms with Gasteiger partial charge in [-0.05, 0) is 19.4 Å². The Morgan fingerprint density at radius 1 is 1.10 bits per heavy atom. The zero-order valence-electron chi connectivity index (χ0n) is 12.7. The van der Waals surface area contributed by atoms with E-state index in [9.17, 15) is 13.5 Å². The number of piperazine rings is 1. The van der Waals surface area contributed by atoms with E-state index in [1.165, 1.54) is 0 Å². The molecule has 0 atom stereocenters. The molecule has 118 valence electrons. The van der Waals surface area contributed by atoms with Crippen molar-refractivity contribution in [3.63, 3.8) is 0 Å². The summed E-state index contributed by atoms with van der Waals surface area (Å²) >= 11 is 0. The average molecular weight is 312 g/mol. The standard InChI is InChI=1S/C15H24N2O3S/c1-15(2,18)13-16-8-10-17(11-9-16)21(19,20)12-14-6-4-3-5-7-14/h3-7,18H,8-13H2,1-2H3. The highest BCUT2D eigenvalue weighted by Crippen LogP contribution is 2.15. The third kappa shape index (κ3) is 5.07. The maximum atomic E-state index is 12.4. The molecule has 0 aliphatic carbocycles. The Morgan fingerprint density at radius 2 is 1.67 bits per heavy atom. The molecule has 6 heteroatoms. The molecule has 0 saturated carbocycles. The van der Waals surface area contributed by atoms with Crippen molar-refractivity contribution < 1.29 is 13.5 Å². The number of sulfonamides is 1. The number of aliphatic hydroxyl groups is 1. The third-order valence-electron chi connectivity index (χ3n) is 3.53. The van der Waals surface area contributed by atoms with Crippen molar-refractivity contribution in [2.75, 3.05) is 32.7 Å². The highest BCUT2D eigenvalue weighted by atomic mass is 32.2. The van der Waals surface area contributed by atoms with Gasteiger partial charge in [-0.1, -0.05) is 30.3 Å². The molecule has 1 heterocycles. The molecule has 1 aromatic rings. The average Bonchev–Trinajstić information content (AvgIpc) is 2.38. The molecule has 0 bridgehead atoms. The van der Waals surface area contributed by atoms with Gasteiger partial charge in [0, 0.05) is 32.7 Å². The summed E-state index contributed by atoms with van der Waals surface area (Å²) in [6.45, 7) is 6.42. The van der Waals surface area contributed by atoms with E-state index in [0.29, 0.717) is 32.7 Å². The fraction of sp³-hybridized carbons (Fsp3) is 0.600. The number of hydrogen-bond donors (Lipinski definition) is 1. The third-order valence-corrected chi connectivity index (χ3v) is 5.38. The minimum absolute atomic E-state index is 0.0549. The lowest BCUT2D eigenvalue weighted by molar-refractivity contribution is 0.0263. The van der Waals surface area contributed by atoms with Crippen molar-refractivity contribution in [2.45, 2.75) is 25.2 Å². The fourth-order valence-corrected chi connectivity index (χ4v) is 4.11. The van der Waals surface area contributed by atoms with E-state index in [4.69, 9.17) is 0 Å². The monoisotopic (exact) mass is 312 g/mol. The van der Waals surface area contributed by atoms with E-state index in [0.717, 1.165) is 5.56 Å². The molecule has 0 aromatic heterocycles. The van der Waals surface area contributed by atoms with Gasteiger partial charge in [-0.15, -0.1) is 0 Å². The number of rotatable bonds is 5. The maximum absolute atomic E-state index is 12.4. The second-order valence-electron chi connectivity index (χ2n) is 6.23. The Balaban J connectivity index is 1.92. The van der Waals surface area contributed by atoms with E-state index in [1.54, 1.807) is 18.2 Å². The molecule has 0 spiro atoms. The number of benzene rings is 1. The topological polar surface area (TPSA) is 60.9 Å². The van der Waals surface area contributed by atoms with E-state index >= 15 is 0 Å². The van der Waals surface area contributed by atoms with E-state index < -0.39 is 15.6 Å². The molecule has 2 rings (SSSR count). The highest BCUT2D eigenvalue weighted by molar-refractivity contribution is 7.88. The molecular formula is C15H24N2O3S. The van der Waals surface area contributed by atoms with Crippen LogP contribution in [0.4, 0.5) is 0 Å². The Kier molecular flexibility index (Phi) is 5.03. The van der Waals surface area contributed by atoms with Crippen molar-refractivity contribution in [1.29, 1.82) is 0 Å². The molecule has 1 aromatic carbocycles. The summed E-state index contributed by atoms with van der Waals surface area (Å²) in [4.78, 5) is 2.11. The van der Waals surface area contributed by atoms with Crippen molar-refractivity contribution in [1.82, 2.24) is 9.21 Å². The molecule has 0 radical (unpaired) electrons. The first-order chi connectivity index (χ1) is 9.76. The first-order valence-electron chi connectivity index (χ1n) is 7.23. The summed E-state index contributed by atoms with van der Waals surface area (Å²) in [6.07, 6.45) is 0. The Morgan fingerprint density at radius 3 is 2.19 bits per heavy atom. The van der Waals surface area contributed by atoms with Gasteiger partial charge in [0.2, 0.25) is 10.0 Å². The predicted molar refractivity (Wildman–Crippen MR) is 83.4 cm³/mol. The van der Waals surface area contributed by atoms with E-state index in [-0.39, 0.29) is 5.75 Å². The van der Waals surface area contributed by atoms with Gasteiger partial charge in [0.05, 0.1) is 11.4 Å². The van der Waals surface area contributed by atoms with Gasteiger partial charge in [-0.2, -0.15) is 4.31 Å². The summed E-state index contributed by atoms with van der Waals surface area (Å²) in [7, 11) is -3.26. The van der Waals surface area contributed by atoms with Crippen LogP contribution in [0.1, 0.15) is 19.4 Å². The molecule has 1 aliphatic heterocycles. The van der Waals surface area contributed by atoms with Gasteiger partial charge in [-0.25, -0.2) is 8.42 Å². The smallest absolute Gasteiger partial charge is 0.218 e. The largest absolute Gasteiger partial charge is 0.389 e. The number of β-amino-alcohol motifs (C(OH)–C–C–N with tert-alkyl or cyclic N) is 1. The summed E-state index contributed by atoms with van der Waals surface area (Å²) in [6, 6.07) is 9.26. The summed E-state index contributed by atoms with van der Waals surface area (Å²) < 4.78 is 26.4. The summed E-state index contributed by atoms with van der Waals surface area (Å²) in [5.74, 6) is 0.0549. The highest BCUT2D eigenvalue weighted by Gasteiger charge is 2.28. The van der Waals surface area contributed by atoms with Gasteiger partial charge in [0.15, 0.2) is 0 Å². The summed E-state index contributed by atoms with van der Waals surface area (Å²) in [5.41, 5.74) is 0.0712. The zero-order valence-corrected chi connectivity index (χ0v) is 13.5. The number of nitrogens with zero attached hydrogens (tertiary/aromatic N) is 2. The maximum Gasteiger partial charge on any atom is 0.218 e. The Labute approximate surface area is 127 Å². The molecule has 5 nitrogen and oxygen atoms in total. The minimum Gasteiger partial charge on any atom is -0.389 e. The summed E-state index contributed by atoms with van der Waals surface area (Å²) in [5, 5.41) is 9.82. The molecule has 0 amide bonds. The molecule has 1 N–H and O–H groups in total. The minimum atomic E-state index is -3.26. The SMILES string of the molecule is CC(C)(O)CN1CCN(S(=O)(=O)Cc2ccccc2)CC1. The van der Waals surface area contributed by atoms with Gasteiger partial charge in [0.1, 0.15) is 0 Å². The van der Waals surface area contributed by atoms with Crippen LogP contribution < -0.4 is 0 Å². The normalized spacial score (nSPS) is 18.8. The van der Waals surface area contributed by atoms with Crippen LogP contribution in [-0.2, 0) is 15.8 Å². The lowest BCUT2D eigenvalue weighted by atomic mass is 10.1. The predicted octanol–water partition coefficient (Wildman–Crippen LogP) is 0.905. The van der Waals surface area contributed by atoms with Crippen LogP contribution in [0.5, 0.6) is 0 Å². The first-order valence-corrected chi connectivity index (χ1v) is 8.84. The Hall–Kier alpha value is -0.950. The quantitative estimate of drug-likeness (QED) is 0.878. The van der Waals surface area contributed by atoms with E-state index in [1.807, 2.05) is 30.3 Å². The van der Waals surface area contributed by atoms with Gasteiger partial charge in [0.25, 0.3) is 0 Å². The molecule has 0 unspecified atom stereocenters. The second kappa shape index (κ2) is 6.44. The van der Waals surface area contributed by atoms with Crippen LogP contribution in [0, 0.1) is 0 Å². The molecule has 1 aliphatic rings. The fourth-order valence-electron chi connectivity index (χ4n) is 2.59. The lowest BCUT2D eigenvalue weighted by Crippen LogP contribution is -2.52. The van der Waals surface area contributed by atoms with Gasteiger partial charge >= 0.3 is 0 Å². The first kappa shape index (κ1) is 16.4. The van der Waals surface area contributed by atoms with Crippen LogP contribution in [0.15, 0.2) is 30.3 Å². The van der Waals surface area contributed by atoms with Gasteiger partial charge in [-0.3, -0.25) is 4.90 Å². The van der Waals surface area contributed by atoms with Crippen molar-refractivity contribution in [2.24, 2.45) is 0 Å². The van der Waals surface area contributed by atoms with E-state index in [2.05, 4.69) is 4.90 Å². The van der Waals surface area contributed by atoms with Gasteiger partial charge < -0.3 is 5.11 Å². The molecular weight excluding hydrogens is 288 g/mol. The van der Waals surface area contributed by atoms with Crippen LogP contribution in [0.3, 0.4) is 0 Å². The number of hydrogen-bond acceptors (Lipinski definition) is 4. The van der Waals surface area contributed by atoms with Crippen molar-refractivity contribution in [3.05, 3.63) is 35.9 Å². The van der Waals surface area contributed by atoms with Crippen molar-refractivity contribution >= 4 is 10.0 Å². The zero-order chi connectivity index (χ0) is 15.5. The second-order valence-corrected chi connectivity index (χ2v) is 8.20. The molecule has 21 heavy (non-hydrogen) atoms. The lowest BCUT2D eigenvalue weighted by Gasteiger charge is -2.36. The van der Waals surface area contributed by atoms with Crippen LogP contribution in [-0.4, -0.2) is 61.1 Å². The molecule has 1 fully saturated rings. The molecule has 1 saturated heterocycles. The van der Waals surface area contributed by atoms with Crippen LogP contribution >= 0.6 is 0 Å². The van der Waals surface area contributed by atoms with Crippen LogP contribution in [0.2, 0.25) is 0 Å². The van der Waals surface area contributed by atoms with Crippen LogP contribution in [0.25, 0.3) is 0 Å². The van der Waals surface area contributed by atoms with Crippen molar-refractivity contribution in [3.8, 4) is 0 Å².